The topological polar surface area (TPSA) is 65.0 Å². The minimum atomic E-state index is 0.0127. The maximum absolute atomic E-state index is 6.71. The highest BCUT2D eigenvalue weighted by Crippen LogP contribution is 2.46. The lowest BCUT2D eigenvalue weighted by Gasteiger charge is -2.11. The number of aromatic nitrogens is 3. The number of furan rings is 2. The molecule has 0 spiro atoms. The fourth-order valence-corrected chi connectivity index (χ4v) is 7.15. The van der Waals surface area contributed by atoms with Crippen molar-refractivity contribution in [2.75, 3.05) is 0 Å². The molecule has 0 saturated heterocycles. The van der Waals surface area contributed by atoms with Crippen LogP contribution >= 0.6 is 0 Å². The van der Waals surface area contributed by atoms with E-state index in [4.69, 9.17) is 23.8 Å². The Bertz CT molecular complexity index is 2710. The van der Waals surface area contributed by atoms with Gasteiger partial charge in [0.1, 0.15) is 22.5 Å². The Balaban J connectivity index is 1.14. The molecule has 3 aromatic heterocycles. The number of benzene rings is 6. The minimum Gasteiger partial charge on any atom is -0.456 e. The maximum Gasteiger partial charge on any atom is 0.164 e. The van der Waals surface area contributed by atoms with E-state index in [0.29, 0.717) is 17.5 Å². The van der Waals surface area contributed by atoms with Crippen molar-refractivity contribution in [1.29, 1.82) is 0 Å². The van der Waals surface area contributed by atoms with Crippen molar-refractivity contribution in [1.82, 2.24) is 15.0 Å². The Morgan fingerprint density at radius 3 is 1.84 bits per heavy atom. The first-order valence-electron chi connectivity index (χ1n) is 16.4. The van der Waals surface area contributed by atoms with Crippen LogP contribution in [0, 0.1) is 0 Å². The highest BCUT2D eigenvalue weighted by Gasteiger charge is 2.29. The third-order valence-electron chi connectivity index (χ3n) is 9.46. The Morgan fingerprint density at radius 2 is 1.04 bits per heavy atom. The predicted octanol–water partition coefficient (Wildman–Crippen LogP) is 11.3. The van der Waals surface area contributed by atoms with Crippen LogP contribution in [0.4, 0.5) is 0 Å². The summed E-state index contributed by atoms with van der Waals surface area (Å²) in [5.41, 5.74) is 9.86. The van der Waals surface area contributed by atoms with E-state index < -0.39 is 0 Å². The van der Waals surface area contributed by atoms with Crippen LogP contribution in [0.3, 0.4) is 0 Å². The van der Waals surface area contributed by atoms with E-state index >= 15 is 0 Å². The zero-order valence-electron chi connectivity index (χ0n) is 26.2. The normalized spacial score (nSPS) is 13.8. The fraction of sp³-hybridized carbons (Fsp3) is 0.0227. The minimum absolute atomic E-state index is 0.0127. The highest BCUT2D eigenvalue weighted by molar-refractivity contribution is 6.13. The SMILES string of the molecule is C1=CC(c2cccc3c2oc2cccc(-c4nc(-c5ccccc5)nc(-c5ccc(-c6ccccc6)cc5)n4)c23)c2c1oc1ccccc21. The van der Waals surface area contributed by atoms with E-state index in [-0.39, 0.29) is 5.92 Å². The van der Waals surface area contributed by atoms with Crippen LogP contribution in [0.15, 0.2) is 161 Å². The van der Waals surface area contributed by atoms with Gasteiger partial charge in [-0.3, -0.25) is 0 Å². The van der Waals surface area contributed by atoms with Gasteiger partial charge >= 0.3 is 0 Å². The quantitative estimate of drug-likeness (QED) is 0.189. The first-order chi connectivity index (χ1) is 24.3. The summed E-state index contributed by atoms with van der Waals surface area (Å²) in [4.78, 5) is 15.2. The molecule has 0 bridgehead atoms. The summed E-state index contributed by atoms with van der Waals surface area (Å²) in [6.45, 7) is 0. The number of hydrogen-bond donors (Lipinski definition) is 0. The van der Waals surface area contributed by atoms with Crippen LogP contribution in [0.2, 0.25) is 0 Å². The molecule has 5 nitrogen and oxygen atoms in total. The third kappa shape index (κ3) is 4.51. The molecule has 1 aliphatic carbocycles. The smallest absolute Gasteiger partial charge is 0.164 e. The second-order valence-electron chi connectivity index (χ2n) is 12.3. The third-order valence-corrected chi connectivity index (χ3v) is 9.46. The van der Waals surface area contributed by atoms with Gasteiger partial charge in [0.05, 0.1) is 0 Å². The lowest BCUT2D eigenvalue weighted by atomic mass is 9.91. The second kappa shape index (κ2) is 11.0. The molecule has 10 rings (SSSR count). The fourth-order valence-electron chi connectivity index (χ4n) is 7.15. The molecule has 5 heteroatoms. The number of para-hydroxylation sites is 2. The zero-order chi connectivity index (χ0) is 32.3. The van der Waals surface area contributed by atoms with Gasteiger partial charge in [0.2, 0.25) is 0 Å². The Kier molecular flexibility index (Phi) is 6.18. The molecule has 0 radical (unpaired) electrons. The van der Waals surface area contributed by atoms with Gasteiger partial charge in [-0.05, 0) is 29.3 Å². The molecule has 0 amide bonds. The zero-order valence-corrected chi connectivity index (χ0v) is 26.2. The van der Waals surface area contributed by atoms with Crippen LogP contribution in [0.5, 0.6) is 0 Å². The van der Waals surface area contributed by atoms with Crippen LogP contribution in [-0.4, -0.2) is 15.0 Å². The average Bonchev–Trinajstić information content (AvgIpc) is 3.87. The number of allylic oxidation sites excluding steroid dienone is 1. The molecular formula is C44H27N3O2. The van der Waals surface area contributed by atoms with Gasteiger partial charge in [-0.15, -0.1) is 0 Å². The molecule has 0 fully saturated rings. The van der Waals surface area contributed by atoms with Crippen molar-refractivity contribution >= 4 is 39.0 Å². The standard InChI is InChI=1S/C44H27N3O2/c1-3-11-27(12-4-1)28-21-23-30(24-22-28)43-45-42(29-13-5-2-6-14-29)46-44(47-43)35-18-10-20-37-40(35)34-17-9-16-32(41(34)49-37)31-25-26-38-39(31)33-15-7-8-19-36(33)48-38/h1-26,31H. The van der Waals surface area contributed by atoms with Gasteiger partial charge in [-0.2, -0.15) is 0 Å². The molecule has 49 heavy (non-hydrogen) atoms. The predicted molar refractivity (Wildman–Crippen MR) is 196 cm³/mol. The molecule has 1 aliphatic rings. The summed E-state index contributed by atoms with van der Waals surface area (Å²) in [5, 5.41) is 3.13. The van der Waals surface area contributed by atoms with Crippen molar-refractivity contribution < 1.29 is 8.83 Å². The molecule has 0 saturated carbocycles. The molecule has 230 valence electrons. The largest absolute Gasteiger partial charge is 0.456 e. The Labute approximate surface area is 281 Å². The summed E-state index contributed by atoms with van der Waals surface area (Å²) in [5.74, 6) is 2.75. The molecule has 1 atom stereocenters. The molecule has 6 aromatic carbocycles. The number of nitrogens with zero attached hydrogens (tertiary/aromatic N) is 3. The molecule has 0 aliphatic heterocycles. The van der Waals surface area contributed by atoms with Gasteiger partial charge in [0.15, 0.2) is 17.5 Å². The van der Waals surface area contributed by atoms with Crippen LogP contribution in [0.25, 0.3) is 84.3 Å². The molecule has 0 N–H and O–H groups in total. The van der Waals surface area contributed by atoms with Crippen molar-refractivity contribution in [3.05, 3.63) is 169 Å². The summed E-state index contributed by atoms with van der Waals surface area (Å²) < 4.78 is 12.9. The second-order valence-corrected chi connectivity index (χ2v) is 12.3. The molecular weight excluding hydrogens is 603 g/mol. The summed E-state index contributed by atoms with van der Waals surface area (Å²) in [6, 6.07) is 49.6. The first-order valence-corrected chi connectivity index (χ1v) is 16.4. The van der Waals surface area contributed by atoms with E-state index in [9.17, 15) is 0 Å². The number of fused-ring (bicyclic) bond motifs is 6. The van der Waals surface area contributed by atoms with E-state index in [2.05, 4.69) is 97.1 Å². The highest BCUT2D eigenvalue weighted by atomic mass is 16.3. The molecule has 9 aromatic rings. The Hall–Kier alpha value is -6.59. The summed E-state index contributed by atoms with van der Waals surface area (Å²) in [7, 11) is 0. The van der Waals surface area contributed by atoms with E-state index in [0.717, 1.165) is 66.5 Å². The van der Waals surface area contributed by atoms with Crippen molar-refractivity contribution in [2.24, 2.45) is 0 Å². The van der Waals surface area contributed by atoms with Crippen LogP contribution in [0.1, 0.15) is 22.8 Å². The van der Waals surface area contributed by atoms with E-state index in [1.54, 1.807) is 0 Å². The van der Waals surface area contributed by atoms with Crippen molar-refractivity contribution in [3.8, 4) is 45.3 Å². The Morgan fingerprint density at radius 1 is 0.449 bits per heavy atom. The number of rotatable bonds is 5. The first kappa shape index (κ1) is 27.5. The number of hydrogen-bond acceptors (Lipinski definition) is 5. The lowest BCUT2D eigenvalue weighted by Crippen LogP contribution is -2.00. The summed E-state index contributed by atoms with van der Waals surface area (Å²) >= 11 is 0. The molecule has 3 heterocycles. The van der Waals surface area contributed by atoms with Gasteiger partial charge in [-0.1, -0.05) is 140 Å². The maximum atomic E-state index is 6.71. The van der Waals surface area contributed by atoms with Crippen LogP contribution < -0.4 is 0 Å². The van der Waals surface area contributed by atoms with Gasteiger partial charge < -0.3 is 8.83 Å². The monoisotopic (exact) mass is 629 g/mol. The summed E-state index contributed by atoms with van der Waals surface area (Å²) in [6.07, 6.45) is 4.29. The van der Waals surface area contributed by atoms with Gasteiger partial charge in [-0.25, -0.2) is 15.0 Å². The van der Waals surface area contributed by atoms with Gasteiger partial charge in [0.25, 0.3) is 0 Å². The van der Waals surface area contributed by atoms with Crippen LogP contribution in [-0.2, 0) is 0 Å². The van der Waals surface area contributed by atoms with Crippen molar-refractivity contribution in [2.45, 2.75) is 5.92 Å². The van der Waals surface area contributed by atoms with E-state index in [1.165, 1.54) is 11.1 Å². The van der Waals surface area contributed by atoms with Gasteiger partial charge in [0, 0.05) is 49.9 Å². The lowest BCUT2D eigenvalue weighted by molar-refractivity contribution is 0.601. The average molecular weight is 630 g/mol. The van der Waals surface area contributed by atoms with Crippen molar-refractivity contribution in [3.63, 3.8) is 0 Å². The van der Waals surface area contributed by atoms with E-state index in [1.807, 2.05) is 60.7 Å². The molecule has 1 unspecified atom stereocenters.